The van der Waals surface area contributed by atoms with Crippen molar-refractivity contribution in [3.63, 3.8) is 0 Å². The smallest absolute Gasteiger partial charge is 0.112 e. The molecule has 0 saturated carbocycles. The molecule has 41 heavy (non-hydrogen) atoms. The van der Waals surface area contributed by atoms with Crippen LogP contribution in [0, 0.1) is 0 Å². The molecule has 0 nitrogen and oxygen atoms in total. The van der Waals surface area contributed by atoms with Crippen molar-refractivity contribution >= 4 is 177 Å². The van der Waals surface area contributed by atoms with Crippen LogP contribution in [0.15, 0.2) is 0 Å². The third-order valence-electron chi connectivity index (χ3n) is 14.6. The van der Waals surface area contributed by atoms with Gasteiger partial charge in [0.1, 0.15) is 37.3 Å². The molecule has 248 valence electrons. The van der Waals surface area contributed by atoms with Gasteiger partial charge in [0.15, 0.2) is 0 Å². The van der Waals surface area contributed by atoms with Crippen LogP contribution in [0.5, 0.6) is 0 Å². The summed E-state index contributed by atoms with van der Waals surface area (Å²) in [5, 5.41) is 0. The second kappa shape index (κ2) is 13.0. The molecule has 0 aliphatic carbocycles. The Morgan fingerprint density at radius 3 is 0.366 bits per heavy atom. The molecule has 0 unspecified atom stereocenters. The molecule has 0 radical (unpaired) electrons. The van der Waals surface area contributed by atoms with Gasteiger partial charge >= 0.3 is 0 Å². The van der Waals surface area contributed by atoms with Gasteiger partial charge in [-0.3, -0.25) is 0 Å². The Kier molecular flexibility index (Phi) is 14.8. The summed E-state index contributed by atoms with van der Waals surface area (Å²) in [7, 11) is -5.34. The van der Waals surface area contributed by atoms with Crippen LogP contribution in [-0.2, 0) is 0 Å². The summed E-state index contributed by atoms with van der Waals surface area (Å²) in [4.78, 5) is 0. The fourth-order valence-electron chi connectivity index (χ4n) is 10.4. The molecule has 0 rings (SSSR count). The number of halogens is 6. The zero-order chi connectivity index (χ0) is 34.5. The maximum atomic E-state index is 4.67. The molecule has 0 aromatic heterocycles. The molecule has 0 heterocycles. The lowest BCUT2D eigenvalue weighted by atomic mass is 11.9. The van der Waals surface area contributed by atoms with Crippen LogP contribution in [0.1, 0.15) is 0 Å². The van der Waals surface area contributed by atoms with Gasteiger partial charge in [-0.05, 0) is 0 Å². The summed E-state index contributed by atoms with van der Waals surface area (Å²) in [5.74, 6) is 0. The van der Waals surface area contributed by atoms with Gasteiger partial charge in [0.2, 0.25) is 0 Å². The molecule has 0 saturated heterocycles. The van der Waals surface area contributed by atoms with E-state index in [0.29, 0.717) is 0 Å². The molecule has 0 aromatic carbocycles. The van der Waals surface area contributed by atoms with Crippen molar-refractivity contribution < 1.29 is 0 Å². The molecular weight excluding hydrogens is 1110 g/mol. The molecular formula is C22H66Br6Si13. The van der Waals surface area contributed by atoms with Crippen LogP contribution in [0.4, 0.5) is 0 Å². The van der Waals surface area contributed by atoms with Gasteiger partial charge in [-0.25, -0.2) is 0 Å². The van der Waals surface area contributed by atoms with E-state index in [1.54, 1.807) is 0 Å². The van der Waals surface area contributed by atoms with E-state index >= 15 is 0 Å². The quantitative estimate of drug-likeness (QED) is 0.135. The predicted octanol–water partition coefficient (Wildman–Crippen LogP) is 13.0. The van der Waals surface area contributed by atoms with Crippen LogP contribution < -0.4 is 0 Å². The van der Waals surface area contributed by atoms with Crippen molar-refractivity contribution in [3.8, 4) is 0 Å². The lowest BCUT2D eigenvalue weighted by Gasteiger charge is -2.75. The van der Waals surface area contributed by atoms with E-state index in [2.05, 4.69) is 236 Å². The zero-order valence-electron chi connectivity index (χ0n) is 30.8. The van der Waals surface area contributed by atoms with E-state index in [4.69, 9.17) is 0 Å². The van der Waals surface area contributed by atoms with E-state index < -0.39 is 85.1 Å². The van der Waals surface area contributed by atoms with Crippen LogP contribution in [0.2, 0.25) is 144 Å². The maximum absolute atomic E-state index is 4.67. The minimum atomic E-state index is -1.87. The number of hydrogen-bond acceptors (Lipinski definition) is 0. The topological polar surface area (TPSA) is 0 Å². The van der Waals surface area contributed by atoms with Gasteiger partial charge in [-0.15, -0.1) is 91.8 Å². The second-order valence-corrected chi connectivity index (χ2v) is 207. The molecule has 0 aliphatic heterocycles. The van der Waals surface area contributed by atoms with E-state index in [-0.39, 0.29) is 0 Å². The third kappa shape index (κ3) is 6.75. The molecule has 0 spiro atoms. The molecule has 0 aliphatic rings. The molecule has 0 amide bonds. The van der Waals surface area contributed by atoms with E-state index in [0.717, 1.165) is 0 Å². The van der Waals surface area contributed by atoms with Crippen LogP contribution in [-0.4, -0.2) is 85.1 Å². The maximum Gasteiger partial charge on any atom is 0.112 e. The van der Waals surface area contributed by atoms with Crippen molar-refractivity contribution in [2.75, 3.05) is 0 Å². The fraction of sp³-hybridized carbons (Fsp3) is 1.00. The van der Waals surface area contributed by atoms with E-state index in [9.17, 15) is 0 Å². The van der Waals surface area contributed by atoms with Gasteiger partial charge in [0, 0.05) is 28.0 Å². The molecule has 0 N–H and O–H groups in total. The van der Waals surface area contributed by atoms with Crippen molar-refractivity contribution in [3.05, 3.63) is 0 Å². The van der Waals surface area contributed by atoms with Crippen molar-refractivity contribution in [2.45, 2.75) is 144 Å². The Morgan fingerprint density at radius 2 is 0.293 bits per heavy atom. The average molecular weight is 1180 g/mol. The highest BCUT2D eigenvalue weighted by atomic mass is 79.9. The molecule has 0 aromatic rings. The standard InChI is InChI=1S/C22H66Br6Si13/c1-29(2,23)38(19,30(3,4)24)35(13,14)41(22,36(15,16)39(20,31(5,6)25)32(7,8)26)37(17,18)40(21,33(9,10)27)34(11,12)28/h1-22H3. The van der Waals surface area contributed by atoms with E-state index in [1.807, 2.05) is 0 Å². The monoisotopic (exact) mass is 1170 g/mol. The first kappa shape index (κ1) is 46.7. The zero-order valence-corrected chi connectivity index (χ0v) is 53.3. The largest absolute Gasteiger partial charge is 0.131 e. The van der Waals surface area contributed by atoms with E-state index in [1.165, 1.54) is 0 Å². The first-order chi connectivity index (χ1) is 17.0. The Labute approximate surface area is 316 Å². The van der Waals surface area contributed by atoms with Crippen LogP contribution in [0.3, 0.4) is 0 Å². The molecule has 0 atom stereocenters. The summed E-state index contributed by atoms with van der Waals surface area (Å²) in [6.45, 7) is 56.5. The van der Waals surface area contributed by atoms with Gasteiger partial charge < -0.3 is 0 Å². The van der Waals surface area contributed by atoms with Crippen LogP contribution in [0.25, 0.3) is 0 Å². The first-order valence-corrected chi connectivity index (χ1v) is 77.7. The number of hydrogen-bond donors (Lipinski definition) is 0. The minimum Gasteiger partial charge on any atom is -0.131 e. The lowest BCUT2D eigenvalue weighted by Crippen LogP contribution is -3.05. The number of rotatable bonds is 12. The Hall–Kier alpha value is 5.70. The highest BCUT2D eigenvalue weighted by Crippen LogP contribution is 2.58. The predicted molar refractivity (Wildman–Crippen MR) is 257 cm³/mol. The van der Waals surface area contributed by atoms with Crippen LogP contribution >= 0.6 is 91.8 Å². The minimum absolute atomic E-state index is 1.61. The van der Waals surface area contributed by atoms with Gasteiger partial charge in [0.25, 0.3) is 0 Å². The van der Waals surface area contributed by atoms with Gasteiger partial charge in [0.05, 0.1) is 19.9 Å². The summed E-state index contributed by atoms with van der Waals surface area (Å²) in [6.07, 6.45) is -9.69. The highest BCUT2D eigenvalue weighted by molar-refractivity contribution is 9.33. The molecule has 19 heteroatoms. The van der Waals surface area contributed by atoms with Gasteiger partial charge in [-0.2, -0.15) is 0 Å². The normalized spacial score (nSPS) is 17.3. The van der Waals surface area contributed by atoms with Gasteiger partial charge in [-0.1, -0.05) is 144 Å². The van der Waals surface area contributed by atoms with Crippen molar-refractivity contribution in [2.24, 2.45) is 0 Å². The Balaban J connectivity index is 9.13. The Morgan fingerprint density at radius 1 is 0.195 bits per heavy atom. The van der Waals surface area contributed by atoms with Crippen molar-refractivity contribution in [1.82, 2.24) is 0 Å². The van der Waals surface area contributed by atoms with Crippen molar-refractivity contribution in [1.29, 1.82) is 0 Å². The average Bonchev–Trinajstić information content (AvgIpc) is 2.64. The third-order valence-corrected chi connectivity index (χ3v) is 403. The summed E-state index contributed by atoms with van der Waals surface area (Å²) >= 11 is 28.0. The summed E-state index contributed by atoms with van der Waals surface area (Å²) in [6, 6.07) is 0. The highest BCUT2D eigenvalue weighted by Gasteiger charge is 2.83. The second-order valence-electron chi connectivity index (χ2n) is 18.2. The molecule has 0 bridgehead atoms. The Bertz CT molecular complexity index is 798. The lowest BCUT2D eigenvalue weighted by molar-refractivity contribution is 1.81. The fourth-order valence-corrected chi connectivity index (χ4v) is 726. The first-order valence-electron chi connectivity index (χ1n) is 15.1. The summed E-state index contributed by atoms with van der Waals surface area (Å²) < 4.78 is 0. The summed E-state index contributed by atoms with van der Waals surface area (Å²) in [5.41, 5.74) is 0. The molecule has 0 fully saturated rings. The SMILES string of the molecule is C[Si](C)(Br)[Si](C)([Si](C)(C)Br)[Si](C)(C)[Si](C)([Si](C)(C)[Si](C)([Si](C)(C)Br)[Si](C)(C)Br)[Si](C)(C)[Si](C)([Si](C)(C)Br)[Si](C)(C)Br.